The predicted octanol–water partition coefficient (Wildman–Crippen LogP) is 4.64. The van der Waals surface area contributed by atoms with Crippen molar-refractivity contribution in [2.24, 2.45) is 11.3 Å². The number of ether oxygens (including phenoxy) is 2. The van der Waals surface area contributed by atoms with Crippen LogP contribution in [0.4, 0.5) is 4.39 Å². The van der Waals surface area contributed by atoms with Gasteiger partial charge in [-0.3, -0.25) is 14.5 Å². The van der Waals surface area contributed by atoms with E-state index in [0.29, 0.717) is 18.5 Å². The predicted molar refractivity (Wildman–Crippen MR) is 121 cm³/mol. The topological polar surface area (TPSA) is 55.8 Å². The molecule has 0 aromatic heterocycles. The number of halogens is 1. The molecule has 170 valence electrons. The molecule has 0 radical (unpaired) electrons. The molecular weight excluding hydrogens is 409 g/mol. The van der Waals surface area contributed by atoms with E-state index in [0.717, 1.165) is 5.56 Å². The number of hydrogen-bond donors (Lipinski definition) is 0. The minimum Gasteiger partial charge on any atom is -0.465 e. The summed E-state index contributed by atoms with van der Waals surface area (Å²) in [6.45, 7) is 4.21. The van der Waals surface area contributed by atoms with E-state index in [1.807, 2.05) is 54.4 Å². The number of carbonyl (C=O) groups excluding carboxylic acids is 2. The van der Waals surface area contributed by atoms with Gasteiger partial charge in [-0.05, 0) is 50.6 Å². The van der Waals surface area contributed by atoms with E-state index in [1.54, 1.807) is 26.0 Å². The Kier molecular flexibility index (Phi) is 7.80. The van der Waals surface area contributed by atoms with Gasteiger partial charge in [0, 0.05) is 12.5 Å². The van der Waals surface area contributed by atoms with Gasteiger partial charge < -0.3 is 9.47 Å². The van der Waals surface area contributed by atoms with Crippen molar-refractivity contribution in [2.75, 3.05) is 26.8 Å². The van der Waals surface area contributed by atoms with Crippen molar-refractivity contribution in [3.8, 4) is 0 Å². The van der Waals surface area contributed by atoms with E-state index in [-0.39, 0.29) is 24.9 Å². The number of carbonyl (C=O) groups is 2. The Balaban J connectivity index is 2.06. The van der Waals surface area contributed by atoms with Crippen LogP contribution in [0.5, 0.6) is 0 Å². The second-order valence-electron chi connectivity index (χ2n) is 7.95. The van der Waals surface area contributed by atoms with Gasteiger partial charge in [0.2, 0.25) is 0 Å². The van der Waals surface area contributed by atoms with Gasteiger partial charge in [-0.1, -0.05) is 54.6 Å². The molecule has 0 bridgehead atoms. The molecule has 1 aliphatic heterocycles. The van der Waals surface area contributed by atoms with Crippen LogP contribution in [0.3, 0.4) is 0 Å². The standard InChI is InChI=1S/C26H30FNO4/c1-4-31-24(29)26(25(30)32-5-2)21(13-9-12-19-10-7-6-8-11-19)18-28(3)23(26)20-14-16-22(27)17-15-20/h6-12,14-17,21,23H,4-5,13,18H2,1-3H3/b12-9+/t21-,23+/m1/s1. The molecule has 0 unspecified atom stereocenters. The summed E-state index contributed by atoms with van der Waals surface area (Å²) in [4.78, 5) is 28.9. The zero-order valence-corrected chi connectivity index (χ0v) is 18.8. The Morgan fingerprint density at radius 2 is 1.62 bits per heavy atom. The largest absolute Gasteiger partial charge is 0.465 e. The molecule has 0 saturated carbocycles. The van der Waals surface area contributed by atoms with E-state index >= 15 is 0 Å². The van der Waals surface area contributed by atoms with Gasteiger partial charge in [-0.15, -0.1) is 0 Å². The van der Waals surface area contributed by atoms with E-state index < -0.39 is 23.4 Å². The summed E-state index contributed by atoms with van der Waals surface area (Å²) in [5.41, 5.74) is 0.149. The molecule has 0 aliphatic carbocycles. The highest BCUT2D eigenvalue weighted by molar-refractivity contribution is 6.02. The van der Waals surface area contributed by atoms with Crippen LogP contribution in [0.1, 0.15) is 37.4 Å². The lowest BCUT2D eigenvalue weighted by Gasteiger charge is -2.36. The van der Waals surface area contributed by atoms with E-state index in [9.17, 15) is 14.0 Å². The van der Waals surface area contributed by atoms with Crippen molar-refractivity contribution in [3.63, 3.8) is 0 Å². The number of nitrogens with zero attached hydrogens (tertiary/aromatic N) is 1. The van der Waals surface area contributed by atoms with Crippen LogP contribution in [0.25, 0.3) is 6.08 Å². The Labute approximate surface area is 188 Å². The number of hydrogen-bond acceptors (Lipinski definition) is 5. The fourth-order valence-electron chi connectivity index (χ4n) is 4.66. The molecule has 5 nitrogen and oxygen atoms in total. The van der Waals surface area contributed by atoms with Crippen molar-refractivity contribution < 1.29 is 23.5 Å². The molecule has 0 N–H and O–H groups in total. The summed E-state index contributed by atoms with van der Waals surface area (Å²) in [7, 11) is 1.86. The average Bonchev–Trinajstić information content (AvgIpc) is 3.08. The average molecular weight is 440 g/mol. The first-order chi connectivity index (χ1) is 15.4. The van der Waals surface area contributed by atoms with Crippen molar-refractivity contribution in [1.29, 1.82) is 0 Å². The number of esters is 2. The third-order valence-electron chi connectivity index (χ3n) is 5.97. The van der Waals surface area contributed by atoms with Gasteiger partial charge in [0.1, 0.15) is 5.82 Å². The maximum Gasteiger partial charge on any atom is 0.325 e. The summed E-state index contributed by atoms with van der Waals surface area (Å²) in [5, 5.41) is 0. The summed E-state index contributed by atoms with van der Waals surface area (Å²) in [6, 6.07) is 15.1. The Bertz CT molecular complexity index is 924. The molecule has 1 saturated heterocycles. The summed E-state index contributed by atoms with van der Waals surface area (Å²) >= 11 is 0. The van der Waals surface area contributed by atoms with Gasteiger partial charge in [0.15, 0.2) is 5.41 Å². The van der Waals surface area contributed by atoms with Crippen LogP contribution in [0.2, 0.25) is 0 Å². The van der Waals surface area contributed by atoms with Crippen molar-refractivity contribution >= 4 is 18.0 Å². The molecule has 1 aliphatic rings. The minimum absolute atomic E-state index is 0.145. The summed E-state index contributed by atoms with van der Waals surface area (Å²) in [6.07, 6.45) is 4.44. The third kappa shape index (κ3) is 4.60. The van der Waals surface area contributed by atoms with Gasteiger partial charge in [0.25, 0.3) is 0 Å². The lowest BCUT2D eigenvalue weighted by Crippen LogP contribution is -2.49. The molecule has 2 aromatic carbocycles. The number of rotatable bonds is 8. The first-order valence-electron chi connectivity index (χ1n) is 11.0. The van der Waals surface area contributed by atoms with Crippen LogP contribution >= 0.6 is 0 Å². The molecule has 2 aromatic rings. The summed E-state index contributed by atoms with van der Waals surface area (Å²) < 4.78 is 24.5. The number of likely N-dealkylation sites (tertiary alicyclic amines) is 1. The van der Waals surface area contributed by atoms with Gasteiger partial charge in [-0.2, -0.15) is 0 Å². The molecule has 3 rings (SSSR count). The molecule has 0 spiro atoms. The zero-order valence-electron chi connectivity index (χ0n) is 18.8. The second kappa shape index (κ2) is 10.6. The first kappa shape index (κ1) is 23.7. The highest BCUT2D eigenvalue weighted by Crippen LogP contribution is 2.53. The first-order valence-corrected chi connectivity index (χ1v) is 11.0. The van der Waals surface area contributed by atoms with Crippen LogP contribution in [-0.4, -0.2) is 43.6 Å². The van der Waals surface area contributed by atoms with Crippen LogP contribution in [-0.2, 0) is 19.1 Å². The highest BCUT2D eigenvalue weighted by Gasteiger charge is 2.65. The molecule has 6 heteroatoms. The molecular formula is C26H30FNO4. The van der Waals surface area contributed by atoms with E-state index in [4.69, 9.17) is 9.47 Å². The second-order valence-corrected chi connectivity index (χ2v) is 7.95. The van der Waals surface area contributed by atoms with Crippen molar-refractivity contribution in [3.05, 3.63) is 77.6 Å². The van der Waals surface area contributed by atoms with E-state index in [2.05, 4.69) is 0 Å². The molecule has 2 atom stereocenters. The van der Waals surface area contributed by atoms with Gasteiger partial charge in [0.05, 0.1) is 19.3 Å². The quantitative estimate of drug-likeness (QED) is 0.443. The third-order valence-corrected chi connectivity index (χ3v) is 5.97. The van der Waals surface area contributed by atoms with Crippen molar-refractivity contribution in [2.45, 2.75) is 26.3 Å². The maximum absolute atomic E-state index is 13.6. The highest BCUT2D eigenvalue weighted by atomic mass is 19.1. The van der Waals surface area contributed by atoms with Gasteiger partial charge in [-0.25, -0.2) is 4.39 Å². The van der Waals surface area contributed by atoms with Crippen LogP contribution in [0, 0.1) is 17.2 Å². The fourth-order valence-corrected chi connectivity index (χ4v) is 4.66. The Morgan fingerprint density at radius 1 is 1.03 bits per heavy atom. The van der Waals surface area contributed by atoms with E-state index in [1.165, 1.54) is 12.1 Å². The van der Waals surface area contributed by atoms with Crippen molar-refractivity contribution in [1.82, 2.24) is 4.90 Å². The fraction of sp³-hybridized carbons (Fsp3) is 0.385. The zero-order chi connectivity index (χ0) is 23.1. The Hall–Kier alpha value is -2.99. The molecule has 1 fully saturated rings. The normalized spacial score (nSPS) is 20.4. The smallest absolute Gasteiger partial charge is 0.325 e. The lowest BCUT2D eigenvalue weighted by molar-refractivity contribution is -0.177. The number of allylic oxidation sites excluding steroid dienone is 1. The Morgan fingerprint density at radius 3 is 2.19 bits per heavy atom. The lowest BCUT2D eigenvalue weighted by atomic mass is 9.69. The van der Waals surface area contributed by atoms with Crippen LogP contribution in [0.15, 0.2) is 60.7 Å². The minimum atomic E-state index is -1.56. The molecule has 32 heavy (non-hydrogen) atoms. The van der Waals surface area contributed by atoms with Gasteiger partial charge >= 0.3 is 11.9 Å². The molecule has 0 amide bonds. The maximum atomic E-state index is 13.6. The monoisotopic (exact) mass is 439 g/mol. The van der Waals surface area contributed by atoms with Crippen LogP contribution < -0.4 is 0 Å². The summed E-state index contributed by atoms with van der Waals surface area (Å²) in [5.74, 6) is -1.96. The SMILES string of the molecule is CCOC(=O)C1(C(=O)OCC)[C@H](C/C=C/c2ccccc2)CN(C)[C@H]1c1ccc(F)cc1. The number of benzene rings is 2. The molecule has 1 heterocycles.